The molecule has 0 aliphatic carbocycles. The molecule has 2 heterocycles. The summed E-state index contributed by atoms with van der Waals surface area (Å²) >= 11 is 12.3. The Labute approximate surface area is 156 Å². The maximum absolute atomic E-state index is 13.0. The number of nitrogens with zero attached hydrogens (tertiary/aromatic N) is 1. The second-order valence-corrected chi connectivity index (χ2v) is 7.87. The Hall–Kier alpha value is -0.490. The van der Waals surface area contributed by atoms with E-state index in [0.29, 0.717) is 29.1 Å². The van der Waals surface area contributed by atoms with Crippen LogP contribution in [0.1, 0.15) is 37.3 Å². The van der Waals surface area contributed by atoms with Crippen LogP contribution < -0.4 is 5.32 Å². The largest absolute Gasteiger partial charge is 0.391 e. The third-order valence-corrected chi connectivity index (χ3v) is 6.24. The Balaban J connectivity index is 1.80. The van der Waals surface area contributed by atoms with Crippen molar-refractivity contribution in [1.82, 2.24) is 10.2 Å². The molecular formula is C18H23Cl2F3N2. The lowest BCUT2D eigenvalue weighted by Crippen LogP contribution is -2.44. The van der Waals surface area contributed by atoms with E-state index in [4.69, 9.17) is 23.2 Å². The van der Waals surface area contributed by atoms with Gasteiger partial charge in [-0.3, -0.25) is 4.90 Å². The van der Waals surface area contributed by atoms with Crippen molar-refractivity contribution >= 4 is 23.2 Å². The molecule has 2 saturated heterocycles. The maximum atomic E-state index is 13.0. The summed E-state index contributed by atoms with van der Waals surface area (Å²) in [7, 11) is 0. The molecule has 1 unspecified atom stereocenters. The summed E-state index contributed by atoms with van der Waals surface area (Å²) < 4.78 is 39.0. The second kappa shape index (κ2) is 8.03. The molecule has 25 heavy (non-hydrogen) atoms. The van der Waals surface area contributed by atoms with Crippen LogP contribution >= 0.6 is 23.2 Å². The van der Waals surface area contributed by atoms with Gasteiger partial charge in [-0.15, -0.1) is 0 Å². The van der Waals surface area contributed by atoms with Gasteiger partial charge in [0.1, 0.15) is 0 Å². The Morgan fingerprint density at radius 1 is 1.00 bits per heavy atom. The summed E-state index contributed by atoms with van der Waals surface area (Å²) in [4.78, 5) is 2.22. The summed E-state index contributed by atoms with van der Waals surface area (Å²) in [6, 6.07) is 5.74. The SMILES string of the molecule is FC(F)(F)C1CCN(C(c2ccc(Cl)c(Cl)c2)C2CCNCC2)CC1. The highest BCUT2D eigenvalue weighted by Gasteiger charge is 2.43. The van der Waals surface area contributed by atoms with Crippen molar-refractivity contribution < 1.29 is 13.2 Å². The number of rotatable bonds is 3. The van der Waals surface area contributed by atoms with Crippen LogP contribution in [0.4, 0.5) is 13.2 Å². The normalized spacial score (nSPS) is 22.9. The van der Waals surface area contributed by atoms with Gasteiger partial charge >= 0.3 is 6.18 Å². The van der Waals surface area contributed by atoms with Crippen LogP contribution in [0.25, 0.3) is 0 Å². The van der Waals surface area contributed by atoms with E-state index in [2.05, 4.69) is 10.2 Å². The van der Waals surface area contributed by atoms with E-state index in [1.54, 1.807) is 6.07 Å². The van der Waals surface area contributed by atoms with Crippen LogP contribution in [0.5, 0.6) is 0 Å². The fourth-order valence-corrected chi connectivity index (χ4v) is 4.45. The van der Waals surface area contributed by atoms with Gasteiger partial charge in [0.2, 0.25) is 0 Å². The fraction of sp³-hybridized carbons (Fsp3) is 0.667. The van der Waals surface area contributed by atoms with Gasteiger partial charge in [-0.1, -0.05) is 29.3 Å². The first-order chi connectivity index (χ1) is 11.9. The Morgan fingerprint density at radius 2 is 1.64 bits per heavy atom. The van der Waals surface area contributed by atoms with Gasteiger partial charge in [-0.2, -0.15) is 13.2 Å². The zero-order valence-electron chi connectivity index (χ0n) is 14.0. The van der Waals surface area contributed by atoms with Gasteiger partial charge < -0.3 is 5.32 Å². The van der Waals surface area contributed by atoms with Crippen LogP contribution in [0.2, 0.25) is 10.0 Å². The highest BCUT2D eigenvalue weighted by molar-refractivity contribution is 6.42. The molecule has 140 valence electrons. The van der Waals surface area contributed by atoms with Gasteiger partial charge in [-0.05, 0) is 75.5 Å². The van der Waals surface area contributed by atoms with Crippen molar-refractivity contribution in [2.24, 2.45) is 11.8 Å². The lowest BCUT2D eigenvalue weighted by atomic mass is 9.83. The number of hydrogen-bond acceptors (Lipinski definition) is 2. The van der Waals surface area contributed by atoms with E-state index in [1.165, 1.54) is 0 Å². The minimum atomic E-state index is -4.08. The molecule has 0 radical (unpaired) electrons. The number of likely N-dealkylation sites (tertiary alicyclic amines) is 1. The predicted octanol–water partition coefficient (Wildman–Crippen LogP) is 5.31. The highest BCUT2D eigenvalue weighted by atomic mass is 35.5. The highest BCUT2D eigenvalue weighted by Crippen LogP contribution is 2.41. The van der Waals surface area contributed by atoms with Crippen molar-refractivity contribution in [3.8, 4) is 0 Å². The molecule has 2 aliphatic rings. The van der Waals surface area contributed by atoms with E-state index in [0.717, 1.165) is 31.5 Å². The van der Waals surface area contributed by atoms with Gasteiger partial charge in [0.15, 0.2) is 0 Å². The molecule has 0 aromatic heterocycles. The van der Waals surface area contributed by atoms with E-state index < -0.39 is 12.1 Å². The van der Waals surface area contributed by atoms with E-state index in [1.807, 2.05) is 12.1 Å². The summed E-state index contributed by atoms with van der Waals surface area (Å²) in [5, 5.41) is 4.36. The quantitative estimate of drug-likeness (QED) is 0.747. The summed E-state index contributed by atoms with van der Waals surface area (Å²) in [5.74, 6) is -0.757. The molecule has 1 N–H and O–H groups in total. The number of halogens is 5. The topological polar surface area (TPSA) is 15.3 Å². The number of nitrogens with one attached hydrogen (secondary N) is 1. The molecule has 2 fully saturated rings. The molecule has 2 nitrogen and oxygen atoms in total. The van der Waals surface area contributed by atoms with Gasteiger partial charge in [0, 0.05) is 6.04 Å². The van der Waals surface area contributed by atoms with Crippen LogP contribution in [-0.4, -0.2) is 37.3 Å². The molecule has 0 saturated carbocycles. The molecule has 7 heteroatoms. The number of piperidine rings is 2. The van der Waals surface area contributed by atoms with Gasteiger partial charge in [0.25, 0.3) is 0 Å². The molecule has 3 rings (SSSR count). The fourth-order valence-electron chi connectivity index (χ4n) is 4.14. The smallest absolute Gasteiger partial charge is 0.317 e. The number of benzene rings is 1. The van der Waals surface area contributed by atoms with Crippen molar-refractivity contribution in [3.05, 3.63) is 33.8 Å². The van der Waals surface area contributed by atoms with Crippen molar-refractivity contribution in [2.45, 2.75) is 37.9 Å². The van der Waals surface area contributed by atoms with Crippen LogP contribution in [0.3, 0.4) is 0 Å². The summed E-state index contributed by atoms with van der Waals surface area (Å²) in [5.41, 5.74) is 1.06. The zero-order valence-corrected chi connectivity index (χ0v) is 15.5. The first-order valence-corrected chi connectivity index (χ1v) is 9.58. The van der Waals surface area contributed by atoms with Gasteiger partial charge in [0.05, 0.1) is 16.0 Å². The molecule has 2 aliphatic heterocycles. The average Bonchev–Trinajstić information content (AvgIpc) is 2.59. The van der Waals surface area contributed by atoms with Crippen LogP contribution in [0, 0.1) is 11.8 Å². The molecule has 0 amide bonds. The number of hydrogen-bond donors (Lipinski definition) is 1. The average molecular weight is 395 g/mol. The Morgan fingerprint density at radius 3 is 2.20 bits per heavy atom. The molecule has 1 aromatic carbocycles. The molecule has 1 aromatic rings. The van der Waals surface area contributed by atoms with E-state index >= 15 is 0 Å². The second-order valence-electron chi connectivity index (χ2n) is 7.06. The Kier molecular flexibility index (Phi) is 6.19. The number of alkyl halides is 3. The third-order valence-electron chi connectivity index (χ3n) is 5.50. The molecular weight excluding hydrogens is 372 g/mol. The summed E-state index contributed by atoms with van der Waals surface area (Å²) in [6.07, 6.45) is -1.70. The maximum Gasteiger partial charge on any atom is 0.391 e. The lowest BCUT2D eigenvalue weighted by Gasteiger charge is -2.43. The molecule has 1 atom stereocenters. The lowest BCUT2D eigenvalue weighted by molar-refractivity contribution is -0.186. The van der Waals surface area contributed by atoms with Crippen molar-refractivity contribution in [2.75, 3.05) is 26.2 Å². The summed E-state index contributed by atoms with van der Waals surface area (Å²) in [6.45, 7) is 2.83. The predicted molar refractivity (Wildman–Crippen MR) is 95.1 cm³/mol. The molecule has 0 spiro atoms. The minimum Gasteiger partial charge on any atom is -0.317 e. The van der Waals surface area contributed by atoms with Gasteiger partial charge in [-0.25, -0.2) is 0 Å². The first kappa shape index (κ1) is 19.3. The third kappa shape index (κ3) is 4.62. The monoisotopic (exact) mass is 394 g/mol. The van der Waals surface area contributed by atoms with Crippen molar-refractivity contribution in [1.29, 1.82) is 0 Å². The Bertz CT molecular complexity index is 580. The van der Waals surface area contributed by atoms with E-state index in [-0.39, 0.29) is 18.9 Å². The van der Waals surface area contributed by atoms with E-state index in [9.17, 15) is 13.2 Å². The van der Waals surface area contributed by atoms with Crippen LogP contribution in [0.15, 0.2) is 18.2 Å². The standard InChI is InChI=1S/C18H23Cl2F3N2/c19-15-2-1-13(11-16(15)20)17(12-3-7-24-8-4-12)25-9-5-14(6-10-25)18(21,22)23/h1-2,11-12,14,17,24H,3-10H2. The van der Waals surface area contributed by atoms with Crippen LogP contribution in [-0.2, 0) is 0 Å². The van der Waals surface area contributed by atoms with Crippen molar-refractivity contribution in [3.63, 3.8) is 0 Å². The minimum absolute atomic E-state index is 0.103. The zero-order chi connectivity index (χ0) is 18.0. The first-order valence-electron chi connectivity index (χ1n) is 8.82. The molecule has 0 bridgehead atoms.